The van der Waals surface area contributed by atoms with Gasteiger partial charge in [-0.25, -0.2) is 4.98 Å². The van der Waals surface area contributed by atoms with Gasteiger partial charge in [0.1, 0.15) is 5.69 Å². The summed E-state index contributed by atoms with van der Waals surface area (Å²) in [6, 6.07) is 10.5. The van der Waals surface area contributed by atoms with Crippen LogP contribution in [0.2, 0.25) is 0 Å². The maximum Gasteiger partial charge on any atom is 0.274 e. The van der Waals surface area contributed by atoms with Crippen molar-refractivity contribution in [2.24, 2.45) is 0 Å². The normalized spacial score (nSPS) is 13.7. The highest BCUT2D eigenvalue weighted by molar-refractivity contribution is 6.03. The number of amides is 1. The Bertz CT molecular complexity index is 668. The van der Waals surface area contributed by atoms with E-state index in [-0.39, 0.29) is 5.91 Å². The first kappa shape index (κ1) is 15.5. The van der Waals surface area contributed by atoms with Crippen LogP contribution >= 0.6 is 0 Å². The largest absolute Gasteiger partial charge is 0.381 e. The zero-order chi connectivity index (χ0) is 16.2. The predicted molar refractivity (Wildman–Crippen MR) is 94.0 cm³/mol. The third kappa shape index (κ3) is 3.70. The van der Waals surface area contributed by atoms with Gasteiger partial charge in [-0.3, -0.25) is 4.79 Å². The summed E-state index contributed by atoms with van der Waals surface area (Å²) in [6.45, 7) is 4.20. The van der Waals surface area contributed by atoms with Gasteiger partial charge in [0.2, 0.25) is 0 Å². The summed E-state index contributed by atoms with van der Waals surface area (Å²) in [5.74, 6) is -0.154. The molecule has 1 aliphatic carbocycles. The molecule has 2 N–H and O–H groups in total. The number of nitrogens with one attached hydrogen (secondary N) is 2. The Labute approximate surface area is 137 Å². The fourth-order valence-corrected chi connectivity index (χ4v) is 2.66. The first-order valence-electron chi connectivity index (χ1n) is 8.36. The van der Waals surface area contributed by atoms with Crippen molar-refractivity contribution in [1.82, 2.24) is 4.98 Å². The SMILES string of the molecule is CCc1cccc(CC)c1NC(=O)c1ccc(NC2CC2)cn1. The number of carbonyl (C=O) groups excluding carboxylic acids is 1. The van der Waals surface area contributed by atoms with E-state index in [1.165, 1.54) is 12.8 Å². The number of hydrogen-bond donors (Lipinski definition) is 2. The van der Waals surface area contributed by atoms with Crippen LogP contribution in [0, 0.1) is 0 Å². The minimum Gasteiger partial charge on any atom is -0.381 e. The maximum absolute atomic E-state index is 12.5. The van der Waals surface area contributed by atoms with E-state index in [1.54, 1.807) is 12.3 Å². The Hall–Kier alpha value is -2.36. The second-order valence-corrected chi connectivity index (χ2v) is 5.96. The highest BCUT2D eigenvalue weighted by atomic mass is 16.1. The molecule has 4 nitrogen and oxygen atoms in total. The van der Waals surface area contributed by atoms with Crippen molar-refractivity contribution in [3.8, 4) is 0 Å². The molecule has 4 heteroatoms. The Morgan fingerprint density at radius 2 is 1.83 bits per heavy atom. The zero-order valence-corrected chi connectivity index (χ0v) is 13.7. The number of hydrogen-bond acceptors (Lipinski definition) is 3. The number of carbonyl (C=O) groups is 1. The molecule has 0 unspecified atom stereocenters. The summed E-state index contributed by atoms with van der Waals surface area (Å²) in [7, 11) is 0. The van der Waals surface area contributed by atoms with Crippen molar-refractivity contribution >= 4 is 17.3 Å². The standard InChI is InChI=1S/C19H23N3O/c1-3-13-6-5-7-14(4-2)18(13)22-19(23)17-11-10-16(12-20-17)21-15-8-9-15/h5-7,10-12,15,21H,3-4,8-9H2,1-2H3,(H,22,23). The molecule has 1 amide bonds. The molecule has 23 heavy (non-hydrogen) atoms. The van der Waals surface area contributed by atoms with Gasteiger partial charge in [-0.15, -0.1) is 0 Å². The molecule has 1 fully saturated rings. The minimum atomic E-state index is -0.154. The van der Waals surface area contributed by atoms with E-state index in [0.717, 1.165) is 35.3 Å². The van der Waals surface area contributed by atoms with Crippen molar-refractivity contribution in [3.63, 3.8) is 0 Å². The lowest BCUT2D eigenvalue weighted by molar-refractivity contribution is 0.102. The monoisotopic (exact) mass is 309 g/mol. The molecule has 1 aromatic carbocycles. The number of rotatable bonds is 6. The molecule has 0 saturated heterocycles. The van der Waals surface area contributed by atoms with Crippen molar-refractivity contribution in [1.29, 1.82) is 0 Å². The van der Waals surface area contributed by atoms with Crippen molar-refractivity contribution in [2.75, 3.05) is 10.6 Å². The quantitative estimate of drug-likeness (QED) is 0.847. The Morgan fingerprint density at radius 1 is 1.13 bits per heavy atom. The second-order valence-electron chi connectivity index (χ2n) is 5.96. The van der Waals surface area contributed by atoms with Crippen molar-refractivity contribution in [3.05, 3.63) is 53.3 Å². The smallest absolute Gasteiger partial charge is 0.274 e. The summed E-state index contributed by atoms with van der Waals surface area (Å²) in [5, 5.41) is 6.42. The Kier molecular flexibility index (Phi) is 4.60. The van der Waals surface area contributed by atoms with Crippen LogP contribution in [0.15, 0.2) is 36.5 Å². The first-order valence-corrected chi connectivity index (χ1v) is 8.36. The van der Waals surface area contributed by atoms with E-state index < -0.39 is 0 Å². The highest BCUT2D eigenvalue weighted by Gasteiger charge is 2.21. The van der Waals surface area contributed by atoms with E-state index >= 15 is 0 Å². The molecular formula is C19H23N3O. The lowest BCUT2D eigenvalue weighted by atomic mass is 10.0. The number of aryl methyl sites for hydroxylation is 2. The lowest BCUT2D eigenvalue weighted by Gasteiger charge is -2.14. The van der Waals surface area contributed by atoms with Gasteiger partial charge in [0.15, 0.2) is 0 Å². The van der Waals surface area contributed by atoms with Crippen molar-refractivity contribution in [2.45, 2.75) is 45.6 Å². The molecule has 0 spiro atoms. The highest BCUT2D eigenvalue weighted by Crippen LogP contribution is 2.25. The van der Waals surface area contributed by atoms with E-state index in [1.807, 2.05) is 12.1 Å². The van der Waals surface area contributed by atoms with Gasteiger partial charge >= 0.3 is 0 Å². The average molecular weight is 309 g/mol. The summed E-state index contributed by atoms with van der Waals surface area (Å²) in [6.07, 6.45) is 5.95. The molecule has 0 radical (unpaired) electrons. The van der Waals surface area contributed by atoms with Crippen LogP contribution in [-0.4, -0.2) is 16.9 Å². The fraction of sp³-hybridized carbons (Fsp3) is 0.368. The van der Waals surface area contributed by atoms with Gasteiger partial charge in [-0.1, -0.05) is 32.0 Å². The number of pyridine rings is 1. The van der Waals surface area contributed by atoms with Crippen LogP contribution in [0.4, 0.5) is 11.4 Å². The van der Waals surface area contributed by atoms with Crippen LogP contribution in [0.3, 0.4) is 0 Å². The molecular weight excluding hydrogens is 286 g/mol. The summed E-state index contributed by atoms with van der Waals surface area (Å²) < 4.78 is 0. The van der Waals surface area contributed by atoms with Gasteiger partial charge in [0, 0.05) is 11.7 Å². The van der Waals surface area contributed by atoms with E-state index in [0.29, 0.717) is 11.7 Å². The van der Waals surface area contributed by atoms with Crippen LogP contribution in [0.1, 0.15) is 48.3 Å². The molecule has 1 aliphatic rings. The molecule has 120 valence electrons. The minimum absolute atomic E-state index is 0.154. The van der Waals surface area contributed by atoms with Gasteiger partial charge in [-0.2, -0.15) is 0 Å². The molecule has 0 aliphatic heterocycles. The number of aromatic nitrogens is 1. The second kappa shape index (κ2) is 6.82. The van der Waals surface area contributed by atoms with Crippen molar-refractivity contribution < 1.29 is 4.79 Å². The topological polar surface area (TPSA) is 54.0 Å². The van der Waals surface area contributed by atoms with Gasteiger partial charge < -0.3 is 10.6 Å². The molecule has 0 bridgehead atoms. The number of nitrogens with zero attached hydrogens (tertiary/aromatic N) is 1. The Balaban J connectivity index is 1.76. The fourth-order valence-electron chi connectivity index (χ4n) is 2.66. The predicted octanol–water partition coefficient (Wildman–Crippen LogP) is 4.03. The maximum atomic E-state index is 12.5. The van der Waals surface area contributed by atoms with E-state index in [9.17, 15) is 4.79 Å². The van der Waals surface area contributed by atoms with E-state index in [4.69, 9.17) is 0 Å². The van der Waals surface area contributed by atoms with Crippen LogP contribution in [0.5, 0.6) is 0 Å². The van der Waals surface area contributed by atoms with E-state index in [2.05, 4.69) is 41.6 Å². The first-order chi connectivity index (χ1) is 11.2. The molecule has 0 atom stereocenters. The summed E-state index contributed by atoms with van der Waals surface area (Å²) >= 11 is 0. The number of anilines is 2. The number of para-hydroxylation sites is 1. The molecule has 1 saturated carbocycles. The average Bonchev–Trinajstić information content (AvgIpc) is 3.39. The lowest BCUT2D eigenvalue weighted by Crippen LogP contribution is -2.16. The van der Waals surface area contributed by atoms with Gasteiger partial charge in [0.05, 0.1) is 11.9 Å². The molecule has 3 rings (SSSR count). The third-order valence-electron chi connectivity index (χ3n) is 4.18. The van der Waals surface area contributed by atoms with Crippen LogP contribution in [-0.2, 0) is 12.8 Å². The zero-order valence-electron chi connectivity index (χ0n) is 13.7. The Morgan fingerprint density at radius 3 is 2.35 bits per heavy atom. The third-order valence-corrected chi connectivity index (χ3v) is 4.18. The number of benzene rings is 1. The van der Waals surface area contributed by atoms with Crippen LogP contribution < -0.4 is 10.6 Å². The van der Waals surface area contributed by atoms with Crippen LogP contribution in [0.25, 0.3) is 0 Å². The van der Waals surface area contributed by atoms with Gasteiger partial charge in [-0.05, 0) is 48.9 Å². The molecule has 2 aromatic rings. The molecule has 1 heterocycles. The van der Waals surface area contributed by atoms with Gasteiger partial charge in [0.25, 0.3) is 5.91 Å². The summed E-state index contributed by atoms with van der Waals surface area (Å²) in [4.78, 5) is 16.8. The summed E-state index contributed by atoms with van der Waals surface area (Å²) in [5.41, 5.74) is 4.67. The molecule has 1 aromatic heterocycles.